The van der Waals surface area contributed by atoms with Gasteiger partial charge in [0.05, 0.1) is 0 Å². The van der Waals surface area contributed by atoms with E-state index in [1.807, 2.05) is 18.4 Å². The maximum atomic E-state index is 10.6. The van der Waals surface area contributed by atoms with Crippen LogP contribution >= 0.6 is 11.8 Å². The molecule has 0 aliphatic carbocycles. The molecule has 1 aromatic carbocycles. The van der Waals surface area contributed by atoms with Crippen molar-refractivity contribution in [3.63, 3.8) is 0 Å². The molecule has 3 nitrogen and oxygen atoms in total. The fourth-order valence-electron chi connectivity index (χ4n) is 1.01. The maximum absolute atomic E-state index is 10.6. The topological polar surface area (TPSA) is 61.1 Å². The van der Waals surface area contributed by atoms with Gasteiger partial charge in [0.2, 0.25) is 0 Å². The van der Waals surface area contributed by atoms with Gasteiger partial charge in [0.25, 0.3) is 0 Å². The van der Waals surface area contributed by atoms with Gasteiger partial charge in [-0.1, -0.05) is 12.1 Å². The monoisotopic (exact) mass is 219 g/mol. The molecule has 0 radical (unpaired) electrons. The van der Waals surface area contributed by atoms with E-state index in [0.29, 0.717) is 5.56 Å². The molecule has 0 saturated heterocycles. The number of carbonyl (C=O) groups is 1. The highest BCUT2D eigenvalue weighted by Gasteiger charge is 2.04. The predicted octanol–water partition coefficient (Wildman–Crippen LogP) is 2.40. The number of nitrogens with zero attached hydrogens (tertiary/aromatic N) is 1. The zero-order valence-electron chi connectivity index (χ0n) is 8.10. The Balaban J connectivity index is 2.98. The first-order valence-corrected chi connectivity index (χ1v) is 5.39. The van der Waals surface area contributed by atoms with Crippen molar-refractivity contribution in [3.8, 4) is 6.07 Å². The molecule has 15 heavy (non-hydrogen) atoms. The molecule has 0 aliphatic heterocycles. The Bertz CT molecular complexity index is 429. The van der Waals surface area contributed by atoms with Crippen LogP contribution in [0.5, 0.6) is 0 Å². The highest BCUT2D eigenvalue weighted by Crippen LogP contribution is 2.16. The molecule has 1 rings (SSSR count). The van der Waals surface area contributed by atoms with Crippen molar-refractivity contribution >= 4 is 23.8 Å². The summed E-state index contributed by atoms with van der Waals surface area (Å²) in [5.74, 6) is -1.20. The van der Waals surface area contributed by atoms with Crippen LogP contribution in [0.1, 0.15) is 5.56 Å². The molecule has 0 saturated carbocycles. The fraction of sp³-hybridized carbons (Fsp3) is 0.0909. The molecule has 0 unspecified atom stereocenters. The van der Waals surface area contributed by atoms with Crippen LogP contribution in [0, 0.1) is 11.3 Å². The summed E-state index contributed by atoms with van der Waals surface area (Å²) >= 11 is 1.61. The molecule has 1 aromatic rings. The molecule has 0 amide bonds. The molecular weight excluding hydrogens is 210 g/mol. The van der Waals surface area contributed by atoms with E-state index in [9.17, 15) is 4.79 Å². The highest BCUT2D eigenvalue weighted by atomic mass is 32.2. The summed E-state index contributed by atoms with van der Waals surface area (Å²) in [5.41, 5.74) is 0.457. The second kappa shape index (κ2) is 5.23. The average Bonchev–Trinajstić information content (AvgIpc) is 2.26. The highest BCUT2D eigenvalue weighted by molar-refractivity contribution is 7.98. The van der Waals surface area contributed by atoms with Crippen molar-refractivity contribution < 1.29 is 9.90 Å². The minimum atomic E-state index is -1.20. The zero-order valence-corrected chi connectivity index (χ0v) is 8.91. The second-order valence-corrected chi connectivity index (χ2v) is 3.63. The van der Waals surface area contributed by atoms with Crippen LogP contribution in [0.25, 0.3) is 6.08 Å². The predicted molar refractivity (Wildman–Crippen MR) is 59.4 cm³/mol. The van der Waals surface area contributed by atoms with E-state index in [1.165, 1.54) is 6.08 Å². The number of carboxylic acid groups (broad SMARTS) is 1. The third-order valence-corrected chi connectivity index (χ3v) is 2.52. The number of carboxylic acids is 1. The largest absolute Gasteiger partial charge is 0.477 e. The number of hydrogen-bond donors (Lipinski definition) is 1. The molecule has 0 atom stereocenters. The van der Waals surface area contributed by atoms with Gasteiger partial charge < -0.3 is 5.11 Å². The first-order valence-electron chi connectivity index (χ1n) is 4.16. The molecule has 0 heterocycles. The van der Waals surface area contributed by atoms with E-state index in [1.54, 1.807) is 30.0 Å². The fourth-order valence-corrected chi connectivity index (χ4v) is 1.42. The molecular formula is C11H9NO2S. The third kappa shape index (κ3) is 3.15. The lowest BCUT2D eigenvalue weighted by Crippen LogP contribution is -1.97. The second-order valence-electron chi connectivity index (χ2n) is 2.75. The Kier molecular flexibility index (Phi) is 3.95. The minimum Gasteiger partial charge on any atom is -0.477 e. The first kappa shape index (κ1) is 11.3. The minimum absolute atomic E-state index is 0.257. The normalized spacial score (nSPS) is 10.8. The lowest BCUT2D eigenvalue weighted by atomic mass is 10.1. The lowest BCUT2D eigenvalue weighted by Gasteiger charge is -1.97. The summed E-state index contributed by atoms with van der Waals surface area (Å²) in [7, 11) is 0. The summed E-state index contributed by atoms with van der Waals surface area (Å²) < 4.78 is 0. The van der Waals surface area contributed by atoms with Gasteiger partial charge in [-0.15, -0.1) is 11.8 Å². The number of nitriles is 1. The summed E-state index contributed by atoms with van der Waals surface area (Å²) in [6, 6.07) is 8.97. The molecule has 0 spiro atoms. The average molecular weight is 219 g/mol. The van der Waals surface area contributed by atoms with Crippen molar-refractivity contribution in [1.82, 2.24) is 0 Å². The first-order chi connectivity index (χ1) is 7.17. The van der Waals surface area contributed by atoms with E-state index in [4.69, 9.17) is 10.4 Å². The molecule has 0 aliphatic rings. The van der Waals surface area contributed by atoms with E-state index in [-0.39, 0.29) is 5.57 Å². The maximum Gasteiger partial charge on any atom is 0.346 e. The van der Waals surface area contributed by atoms with Gasteiger partial charge in [-0.05, 0) is 30.0 Å². The molecule has 76 valence electrons. The van der Waals surface area contributed by atoms with Crippen LogP contribution < -0.4 is 0 Å². The van der Waals surface area contributed by atoms with Gasteiger partial charge in [0.1, 0.15) is 11.6 Å². The number of thioether (sulfide) groups is 1. The summed E-state index contributed by atoms with van der Waals surface area (Å²) in [5, 5.41) is 17.2. The summed E-state index contributed by atoms with van der Waals surface area (Å²) in [6.45, 7) is 0. The van der Waals surface area contributed by atoms with Gasteiger partial charge in [-0.3, -0.25) is 0 Å². The smallest absolute Gasteiger partial charge is 0.346 e. The Morgan fingerprint density at radius 1 is 1.47 bits per heavy atom. The van der Waals surface area contributed by atoms with Crippen LogP contribution in [0.2, 0.25) is 0 Å². The van der Waals surface area contributed by atoms with Crippen LogP contribution in [0.15, 0.2) is 34.7 Å². The van der Waals surface area contributed by atoms with Gasteiger partial charge in [0.15, 0.2) is 0 Å². The SMILES string of the molecule is CSc1ccc(/C=C(/C#N)C(=O)O)cc1. The number of hydrogen-bond acceptors (Lipinski definition) is 3. The van der Waals surface area contributed by atoms with Crippen molar-refractivity contribution in [2.75, 3.05) is 6.26 Å². The van der Waals surface area contributed by atoms with Crippen LogP contribution in [0.4, 0.5) is 0 Å². The summed E-state index contributed by atoms with van der Waals surface area (Å²) in [4.78, 5) is 11.7. The Labute approximate surface area is 92.0 Å². The van der Waals surface area contributed by atoms with E-state index < -0.39 is 5.97 Å². The van der Waals surface area contributed by atoms with Crippen LogP contribution in [-0.4, -0.2) is 17.3 Å². The van der Waals surface area contributed by atoms with Gasteiger partial charge in [-0.2, -0.15) is 5.26 Å². The number of rotatable bonds is 3. The number of benzene rings is 1. The Morgan fingerprint density at radius 3 is 2.47 bits per heavy atom. The van der Waals surface area contributed by atoms with Gasteiger partial charge in [-0.25, -0.2) is 4.79 Å². The Hall–Kier alpha value is -1.73. The molecule has 0 bridgehead atoms. The molecule has 0 fully saturated rings. The van der Waals surface area contributed by atoms with E-state index >= 15 is 0 Å². The Morgan fingerprint density at radius 2 is 2.07 bits per heavy atom. The van der Waals surface area contributed by atoms with Crippen LogP contribution in [0.3, 0.4) is 0 Å². The molecule has 1 N–H and O–H groups in total. The van der Waals surface area contributed by atoms with E-state index in [0.717, 1.165) is 4.90 Å². The van der Waals surface area contributed by atoms with Gasteiger partial charge in [0, 0.05) is 4.90 Å². The molecule has 0 aromatic heterocycles. The van der Waals surface area contributed by atoms with Crippen LogP contribution in [-0.2, 0) is 4.79 Å². The quantitative estimate of drug-likeness (QED) is 0.481. The lowest BCUT2D eigenvalue weighted by molar-refractivity contribution is -0.132. The summed E-state index contributed by atoms with van der Waals surface area (Å²) in [6.07, 6.45) is 3.31. The van der Waals surface area contributed by atoms with Crippen molar-refractivity contribution in [3.05, 3.63) is 35.4 Å². The number of aliphatic carboxylic acids is 1. The van der Waals surface area contributed by atoms with Gasteiger partial charge >= 0.3 is 5.97 Å². The standard InChI is InChI=1S/C11H9NO2S/c1-15-10-4-2-8(3-5-10)6-9(7-12)11(13)14/h2-6H,1H3,(H,13,14)/b9-6-. The molecule has 4 heteroatoms. The van der Waals surface area contributed by atoms with Crippen molar-refractivity contribution in [2.45, 2.75) is 4.90 Å². The van der Waals surface area contributed by atoms with Crippen molar-refractivity contribution in [1.29, 1.82) is 5.26 Å². The van der Waals surface area contributed by atoms with E-state index in [2.05, 4.69) is 0 Å². The zero-order chi connectivity index (χ0) is 11.3. The van der Waals surface area contributed by atoms with Crippen molar-refractivity contribution in [2.24, 2.45) is 0 Å². The third-order valence-electron chi connectivity index (χ3n) is 1.78.